The molecule has 1 amide bonds. The van der Waals surface area contributed by atoms with Gasteiger partial charge in [0.25, 0.3) is 0 Å². The first-order valence-corrected chi connectivity index (χ1v) is 6.10. The zero-order valence-electron chi connectivity index (χ0n) is 9.31. The highest BCUT2D eigenvalue weighted by atomic mass is 79.9. The van der Waals surface area contributed by atoms with Crippen LogP contribution in [-0.4, -0.2) is 18.7 Å². The van der Waals surface area contributed by atoms with E-state index in [0.717, 1.165) is 10.2 Å². The van der Waals surface area contributed by atoms with Gasteiger partial charge in [-0.2, -0.15) is 0 Å². The highest BCUT2D eigenvalue weighted by molar-refractivity contribution is 9.10. The molecule has 0 bridgehead atoms. The first kappa shape index (κ1) is 11.5. The van der Waals surface area contributed by atoms with E-state index in [1.165, 1.54) is 0 Å². The van der Waals surface area contributed by atoms with Crippen molar-refractivity contribution in [3.05, 3.63) is 28.7 Å². The van der Waals surface area contributed by atoms with Gasteiger partial charge in [-0.3, -0.25) is 4.90 Å². The molecule has 1 aliphatic rings. The number of benzene rings is 1. The van der Waals surface area contributed by atoms with Crippen molar-refractivity contribution >= 4 is 27.7 Å². The maximum absolute atomic E-state index is 11.7. The second-order valence-corrected chi connectivity index (χ2v) is 5.15. The Morgan fingerprint density at radius 3 is 2.56 bits per heavy atom. The fourth-order valence-corrected chi connectivity index (χ4v) is 2.09. The summed E-state index contributed by atoms with van der Waals surface area (Å²) in [4.78, 5) is 13.4. The summed E-state index contributed by atoms with van der Waals surface area (Å²) < 4.78 is 6.10. The monoisotopic (exact) mass is 283 g/mol. The molecule has 0 spiro atoms. The van der Waals surface area contributed by atoms with E-state index in [0.29, 0.717) is 12.5 Å². The van der Waals surface area contributed by atoms with Crippen molar-refractivity contribution in [3.63, 3.8) is 0 Å². The van der Waals surface area contributed by atoms with Crippen molar-refractivity contribution in [2.75, 3.05) is 11.5 Å². The van der Waals surface area contributed by atoms with E-state index in [4.69, 9.17) is 4.74 Å². The molecule has 4 heteroatoms. The molecule has 1 saturated heterocycles. The summed E-state index contributed by atoms with van der Waals surface area (Å²) in [5.41, 5.74) is 0.893. The van der Waals surface area contributed by atoms with Crippen LogP contribution in [0.25, 0.3) is 0 Å². The number of halogens is 1. The van der Waals surface area contributed by atoms with Gasteiger partial charge in [-0.05, 0) is 30.2 Å². The largest absolute Gasteiger partial charge is 0.447 e. The Hall–Kier alpha value is -1.03. The van der Waals surface area contributed by atoms with Crippen LogP contribution in [-0.2, 0) is 4.74 Å². The Morgan fingerprint density at radius 1 is 1.38 bits per heavy atom. The predicted molar refractivity (Wildman–Crippen MR) is 66.6 cm³/mol. The summed E-state index contributed by atoms with van der Waals surface area (Å²) in [5.74, 6) is 0.384. The van der Waals surface area contributed by atoms with Crippen LogP contribution < -0.4 is 4.90 Å². The van der Waals surface area contributed by atoms with Crippen molar-refractivity contribution in [1.29, 1.82) is 0 Å². The summed E-state index contributed by atoms with van der Waals surface area (Å²) in [6.45, 7) is 4.67. The first-order valence-electron chi connectivity index (χ1n) is 5.31. The summed E-state index contributed by atoms with van der Waals surface area (Å²) in [5, 5.41) is 0. The van der Waals surface area contributed by atoms with E-state index >= 15 is 0 Å². The average Bonchev–Trinajstić information content (AvgIpc) is 2.62. The lowest BCUT2D eigenvalue weighted by Gasteiger charge is -2.24. The number of cyclic esters (lactones) is 1. The van der Waals surface area contributed by atoms with Crippen molar-refractivity contribution in [2.45, 2.75) is 19.9 Å². The number of rotatable bonds is 2. The SMILES string of the molecule is CC(C)[C@H]1COC(=O)N1c1ccc(Br)cc1. The first-order chi connectivity index (χ1) is 7.59. The van der Waals surface area contributed by atoms with Gasteiger partial charge in [0.1, 0.15) is 6.61 Å². The number of ether oxygens (including phenoxy) is 1. The van der Waals surface area contributed by atoms with Gasteiger partial charge < -0.3 is 4.74 Å². The van der Waals surface area contributed by atoms with Crippen LogP contribution in [0.15, 0.2) is 28.7 Å². The average molecular weight is 284 g/mol. The molecule has 0 radical (unpaired) electrons. The number of carbonyl (C=O) groups excluding carboxylic acids is 1. The van der Waals surface area contributed by atoms with Gasteiger partial charge in [0.05, 0.1) is 6.04 Å². The zero-order chi connectivity index (χ0) is 11.7. The number of carbonyl (C=O) groups is 1. The van der Waals surface area contributed by atoms with Crippen molar-refractivity contribution < 1.29 is 9.53 Å². The fourth-order valence-electron chi connectivity index (χ4n) is 1.83. The molecule has 0 N–H and O–H groups in total. The number of anilines is 1. The molecule has 1 aromatic rings. The predicted octanol–water partition coefficient (Wildman–Crippen LogP) is 3.43. The van der Waals surface area contributed by atoms with Crippen LogP contribution in [0.5, 0.6) is 0 Å². The topological polar surface area (TPSA) is 29.5 Å². The summed E-state index contributed by atoms with van der Waals surface area (Å²) >= 11 is 3.38. The maximum Gasteiger partial charge on any atom is 0.414 e. The summed E-state index contributed by atoms with van der Waals surface area (Å²) in [7, 11) is 0. The Morgan fingerprint density at radius 2 is 2.00 bits per heavy atom. The van der Waals surface area contributed by atoms with E-state index < -0.39 is 0 Å². The second-order valence-electron chi connectivity index (χ2n) is 4.23. The van der Waals surface area contributed by atoms with E-state index in [2.05, 4.69) is 29.8 Å². The van der Waals surface area contributed by atoms with Gasteiger partial charge in [-0.25, -0.2) is 4.79 Å². The molecular formula is C12H14BrNO2. The normalized spacial score (nSPS) is 20.4. The van der Waals surface area contributed by atoms with Crippen molar-refractivity contribution in [3.8, 4) is 0 Å². The van der Waals surface area contributed by atoms with Gasteiger partial charge >= 0.3 is 6.09 Å². The minimum absolute atomic E-state index is 0.133. The maximum atomic E-state index is 11.7. The molecule has 1 heterocycles. The smallest absolute Gasteiger partial charge is 0.414 e. The van der Waals surface area contributed by atoms with E-state index in [1.807, 2.05) is 24.3 Å². The van der Waals surface area contributed by atoms with Gasteiger partial charge in [0.15, 0.2) is 0 Å². The lowest BCUT2D eigenvalue weighted by molar-refractivity contribution is 0.177. The van der Waals surface area contributed by atoms with E-state index in [9.17, 15) is 4.79 Å². The molecule has 1 atom stereocenters. The standard InChI is InChI=1S/C12H14BrNO2/c1-8(2)11-7-16-12(15)14(11)10-5-3-9(13)4-6-10/h3-6,8,11H,7H2,1-2H3/t11-/m1/s1. The van der Waals surface area contributed by atoms with Crippen LogP contribution in [0.1, 0.15) is 13.8 Å². The van der Waals surface area contributed by atoms with E-state index in [-0.39, 0.29) is 12.1 Å². The number of amides is 1. The van der Waals surface area contributed by atoms with Crippen molar-refractivity contribution in [2.24, 2.45) is 5.92 Å². The van der Waals surface area contributed by atoms with Crippen LogP contribution in [0.3, 0.4) is 0 Å². The van der Waals surface area contributed by atoms with Gasteiger partial charge in [0.2, 0.25) is 0 Å². The molecule has 0 saturated carbocycles. The van der Waals surface area contributed by atoms with Crippen molar-refractivity contribution in [1.82, 2.24) is 0 Å². The molecule has 3 nitrogen and oxygen atoms in total. The highest BCUT2D eigenvalue weighted by Crippen LogP contribution is 2.27. The lowest BCUT2D eigenvalue weighted by atomic mass is 10.0. The van der Waals surface area contributed by atoms with Gasteiger partial charge in [0, 0.05) is 10.2 Å². The van der Waals surface area contributed by atoms with Crippen LogP contribution in [0.2, 0.25) is 0 Å². The van der Waals surface area contributed by atoms with Gasteiger partial charge in [-0.15, -0.1) is 0 Å². The number of nitrogens with zero attached hydrogens (tertiary/aromatic N) is 1. The highest BCUT2D eigenvalue weighted by Gasteiger charge is 2.35. The van der Waals surface area contributed by atoms with Crippen LogP contribution in [0, 0.1) is 5.92 Å². The molecule has 0 aliphatic carbocycles. The molecular weight excluding hydrogens is 270 g/mol. The molecule has 1 fully saturated rings. The molecule has 1 aliphatic heterocycles. The Balaban J connectivity index is 2.30. The van der Waals surface area contributed by atoms with Crippen LogP contribution >= 0.6 is 15.9 Å². The molecule has 1 aromatic carbocycles. The minimum atomic E-state index is -0.249. The molecule has 16 heavy (non-hydrogen) atoms. The minimum Gasteiger partial charge on any atom is -0.447 e. The Labute approximate surface area is 104 Å². The Bertz CT molecular complexity index is 389. The quantitative estimate of drug-likeness (QED) is 0.832. The third-order valence-corrected chi connectivity index (χ3v) is 3.31. The number of hydrogen-bond acceptors (Lipinski definition) is 2. The molecule has 86 valence electrons. The zero-order valence-corrected chi connectivity index (χ0v) is 10.9. The third kappa shape index (κ3) is 2.07. The molecule has 0 aromatic heterocycles. The van der Waals surface area contributed by atoms with E-state index in [1.54, 1.807) is 4.90 Å². The third-order valence-electron chi connectivity index (χ3n) is 2.78. The molecule has 0 unspecified atom stereocenters. The Kier molecular flexibility index (Phi) is 3.19. The fraction of sp³-hybridized carbons (Fsp3) is 0.417. The number of hydrogen-bond donors (Lipinski definition) is 0. The van der Waals surface area contributed by atoms with Crippen LogP contribution in [0.4, 0.5) is 10.5 Å². The lowest BCUT2D eigenvalue weighted by Crippen LogP contribution is -2.37. The van der Waals surface area contributed by atoms with Gasteiger partial charge in [-0.1, -0.05) is 29.8 Å². The summed E-state index contributed by atoms with van der Waals surface area (Å²) in [6.07, 6.45) is -0.249. The summed E-state index contributed by atoms with van der Waals surface area (Å²) in [6, 6.07) is 7.84. The molecule has 2 rings (SSSR count). The second kappa shape index (κ2) is 4.45.